The largest absolute Gasteiger partial charge is 0.496 e. The van der Waals surface area contributed by atoms with E-state index < -0.39 is 28.8 Å². The number of carbonyl (C=O) groups excluding carboxylic acids is 4. The minimum atomic E-state index is -0.884. The van der Waals surface area contributed by atoms with Crippen LogP contribution in [0.2, 0.25) is 5.02 Å². The average molecular weight is 556 g/mol. The predicted molar refractivity (Wildman–Crippen MR) is 133 cm³/mol. The maximum Gasteiger partial charge on any atom is 0.373 e. The van der Waals surface area contributed by atoms with E-state index in [-0.39, 0.29) is 57.1 Å². The van der Waals surface area contributed by atoms with Crippen molar-refractivity contribution >= 4 is 47.2 Å². The molecule has 0 atom stereocenters. The first-order chi connectivity index (χ1) is 18.6. The molecule has 2 heterocycles. The van der Waals surface area contributed by atoms with Gasteiger partial charge in [-0.3, -0.25) is 19.8 Å². The molecule has 3 aromatic rings. The summed E-state index contributed by atoms with van der Waals surface area (Å²) in [6, 6.07) is 9.57. The van der Waals surface area contributed by atoms with Crippen LogP contribution in [0.1, 0.15) is 32.2 Å². The van der Waals surface area contributed by atoms with Crippen molar-refractivity contribution in [1.82, 2.24) is 10.2 Å². The van der Waals surface area contributed by atoms with Crippen LogP contribution in [-0.4, -0.2) is 47.9 Å². The number of nitrogens with one attached hydrogen (secondary N) is 1. The van der Waals surface area contributed by atoms with Crippen molar-refractivity contribution in [2.75, 3.05) is 14.2 Å². The number of carbonyl (C=O) groups is 4. The van der Waals surface area contributed by atoms with E-state index in [4.69, 9.17) is 25.5 Å². The van der Waals surface area contributed by atoms with Crippen LogP contribution in [0.15, 0.2) is 58.6 Å². The van der Waals surface area contributed by atoms with E-state index in [9.17, 15) is 29.3 Å². The van der Waals surface area contributed by atoms with Gasteiger partial charge in [0.2, 0.25) is 5.76 Å². The van der Waals surface area contributed by atoms with Crippen LogP contribution >= 0.6 is 11.6 Å². The van der Waals surface area contributed by atoms with E-state index in [1.165, 1.54) is 50.6 Å². The Bertz CT molecular complexity index is 1540. The summed E-state index contributed by atoms with van der Waals surface area (Å²) < 4.78 is 20.5. The highest BCUT2D eigenvalue weighted by Gasteiger charge is 2.35. The fourth-order valence-electron chi connectivity index (χ4n) is 3.55. The number of hydrogen-bond acceptors (Lipinski definition) is 10. The van der Waals surface area contributed by atoms with E-state index in [2.05, 4.69) is 10.1 Å². The maximum atomic E-state index is 13.0. The van der Waals surface area contributed by atoms with Crippen molar-refractivity contribution in [1.29, 1.82) is 0 Å². The molecule has 0 spiro atoms. The van der Waals surface area contributed by atoms with Gasteiger partial charge in [0.15, 0.2) is 0 Å². The summed E-state index contributed by atoms with van der Waals surface area (Å²) in [4.78, 5) is 61.5. The highest BCUT2D eigenvalue weighted by molar-refractivity contribution is 6.31. The van der Waals surface area contributed by atoms with Gasteiger partial charge in [-0.05, 0) is 42.5 Å². The molecule has 3 amide bonds. The number of halogens is 1. The Kier molecular flexibility index (Phi) is 7.63. The Labute approximate surface area is 224 Å². The number of imide groups is 1. The van der Waals surface area contributed by atoms with Crippen molar-refractivity contribution in [3.63, 3.8) is 0 Å². The minimum Gasteiger partial charge on any atom is -0.496 e. The second-order valence-corrected chi connectivity index (χ2v) is 8.29. The first-order valence-electron chi connectivity index (χ1n) is 11.0. The number of ether oxygens (including phenoxy) is 3. The Morgan fingerprint density at radius 1 is 1.08 bits per heavy atom. The highest BCUT2D eigenvalue weighted by Crippen LogP contribution is 2.30. The zero-order valence-electron chi connectivity index (χ0n) is 20.3. The predicted octanol–water partition coefficient (Wildman–Crippen LogP) is 3.95. The molecule has 1 aliphatic heterocycles. The Morgan fingerprint density at radius 2 is 1.82 bits per heavy atom. The van der Waals surface area contributed by atoms with Gasteiger partial charge in [0, 0.05) is 22.7 Å². The lowest BCUT2D eigenvalue weighted by Crippen LogP contribution is -2.30. The normalized spacial score (nSPS) is 13.8. The first-order valence-corrected chi connectivity index (χ1v) is 11.3. The van der Waals surface area contributed by atoms with Crippen LogP contribution in [0.5, 0.6) is 11.5 Å². The quantitative estimate of drug-likeness (QED) is 0.107. The van der Waals surface area contributed by atoms with Crippen molar-refractivity contribution in [2.45, 2.75) is 6.54 Å². The molecule has 0 bridgehead atoms. The molecular weight excluding hydrogens is 538 g/mol. The maximum absolute atomic E-state index is 13.0. The third kappa shape index (κ3) is 5.72. The summed E-state index contributed by atoms with van der Waals surface area (Å²) in [6.07, 6.45) is 1.13. The number of hydrogen-bond donors (Lipinski definition) is 1. The Balaban J connectivity index is 1.64. The number of amides is 3. The molecule has 1 fully saturated rings. The summed E-state index contributed by atoms with van der Waals surface area (Å²) in [5, 5.41) is 14.0. The Morgan fingerprint density at radius 3 is 2.51 bits per heavy atom. The Hall–Kier alpha value is -5.17. The molecule has 0 saturated carbocycles. The van der Waals surface area contributed by atoms with Crippen LogP contribution < -0.4 is 14.8 Å². The van der Waals surface area contributed by atoms with Crippen LogP contribution in [0, 0.1) is 10.1 Å². The number of benzene rings is 2. The second-order valence-electron chi connectivity index (χ2n) is 7.85. The third-order valence-electron chi connectivity index (χ3n) is 5.41. The molecule has 14 heteroatoms. The second kappa shape index (κ2) is 11.1. The molecular formula is C25H18ClN3O10. The summed E-state index contributed by atoms with van der Waals surface area (Å²) >= 11 is 5.99. The minimum absolute atomic E-state index is 0.0110. The van der Waals surface area contributed by atoms with Gasteiger partial charge in [-0.15, -0.1) is 0 Å². The van der Waals surface area contributed by atoms with E-state index >= 15 is 0 Å². The van der Waals surface area contributed by atoms with Gasteiger partial charge >= 0.3 is 18.0 Å². The first kappa shape index (κ1) is 26.9. The van der Waals surface area contributed by atoms with Gasteiger partial charge in [0.05, 0.1) is 25.7 Å². The number of nitro benzene ring substituents is 1. The van der Waals surface area contributed by atoms with Crippen LogP contribution in [0.3, 0.4) is 0 Å². The SMILES string of the molecule is COC(=O)c1ccc(CN2C(=O)N/C(=C\c3cc([N+](=O)[O-])ccc3OC(=O)c3cc(Cl)ccc3OC)C2=O)o1. The standard InChI is InChI=1S/C25H18ClN3O10/c1-36-20-6-3-14(26)11-17(20)23(31)39-19-7-4-15(29(34)35)9-13(19)10-18-22(30)28(25(33)27-18)12-16-5-8-21(38-16)24(32)37-2/h3-11H,12H2,1-2H3,(H,27,33)/b18-10-. The molecule has 1 saturated heterocycles. The van der Waals surface area contributed by atoms with Crippen LogP contribution in [-0.2, 0) is 16.1 Å². The molecule has 200 valence electrons. The zero-order chi connectivity index (χ0) is 28.3. The summed E-state index contributed by atoms with van der Waals surface area (Å²) in [7, 11) is 2.52. The summed E-state index contributed by atoms with van der Waals surface area (Å²) in [6.45, 7) is -0.315. The van der Waals surface area contributed by atoms with Crippen LogP contribution in [0.25, 0.3) is 6.08 Å². The molecule has 0 unspecified atom stereocenters. The number of non-ortho nitro benzene ring substituents is 1. The van der Waals surface area contributed by atoms with Gasteiger partial charge < -0.3 is 23.9 Å². The smallest absolute Gasteiger partial charge is 0.373 e. The lowest BCUT2D eigenvalue weighted by Gasteiger charge is -2.11. The molecule has 1 aliphatic rings. The molecule has 2 aromatic carbocycles. The fraction of sp³-hybridized carbons (Fsp3) is 0.120. The molecule has 1 N–H and O–H groups in total. The number of methoxy groups -OCH3 is 2. The number of urea groups is 1. The van der Waals surface area contributed by atoms with Gasteiger partial charge in [0.25, 0.3) is 11.6 Å². The molecule has 4 rings (SSSR count). The van der Waals surface area contributed by atoms with Crippen molar-refractivity contribution < 1.29 is 42.7 Å². The molecule has 0 radical (unpaired) electrons. The molecule has 1 aromatic heterocycles. The number of furan rings is 1. The fourth-order valence-corrected chi connectivity index (χ4v) is 3.72. The number of rotatable bonds is 8. The van der Waals surface area contributed by atoms with Gasteiger partial charge in [0.1, 0.15) is 28.5 Å². The number of nitrogens with zero attached hydrogens (tertiary/aromatic N) is 2. The number of nitro groups is 1. The lowest BCUT2D eigenvalue weighted by molar-refractivity contribution is -0.384. The van der Waals surface area contributed by atoms with E-state index in [1.54, 1.807) is 0 Å². The van der Waals surface area contributed by atoms with Crippen molar-refractivity contribution in [3.8, 4) is 11.5 Å². The summed E-state index contributed by atoms with van der Waals surface area (Å²) in [5.41, 5.74) is -0.669. The van der Waals surface area contributed by atoms with Crippen LogP contribution in [0.4, 0.5) is 10.5 Å². The van der Waals surface area contributed by atoms with E-state index in [0.29, 0.717) is 0 Å². The summed E-state index contributed by atoms with van der Waals surface area (Å²) in [5.74, 6) is -2.37. The lowest BCUT2D eigenvalue weighted by atomic mass is 10.1. The van der Waals surface area contributed by atoms with Gasteiger partial charge in [-0.2, -0.15) is 0 Å². The van der Waals surface area contributed by atoms with Crippen molar-refractivity contribution in [2.24, 2.45) is 0 Å². The average Bonchev–Trinajstić information content (AvgIpc) is 3.49. The molecule has 39 heavy (non-hydrogen) atoms. The third-order valence-corrected chi connectivity index (χ3v) is 5.65. The van der Waals surface area contributed by atoms with E-state index in [0.717, 1.165) is 23.1 Å². The number of esters is 2. The highest BCUT2D eigenvalue weighted by atomic mass is 35.5. The zero-order valence-corrected chi connectivity index (χ0v) is 21.0. The molecule has 0 aliphatic carbocycles. The molecule has 13 nitrogen and oxygen atoms in total. The van der Waals surface area contributed by atoms with E-state index in [1.807, 2.05) is 0 Å². The van der Waals surface area contributed by atoms with Gasteiger partial charge in [-0.1, -0.05) is 11.6 Å². The van der Waals surface area contributed by atoms with Crippen molar-refractivity contribution in [3.05, 3.63) is 92.0 Å². The van der Waals surface area contributed by atoms with Gasteiger partial charge in [-0.25, -0.2) is 14.4 Å². The topological polar surface area (TPSA) is 168 Å². The monoisotopic (exact) mass is 555 g/mol.